The summed E-state index contributed by atoms with van der Waals surface area (Å²) in [6.07, 6.45) is 0. The van der Waals surface area contributed by atoms with Crippen molar-refractivity contribution in [3.63, 3.8) is 0 Å². The molecule has 2 aromatic rings. The summed E-state index contributed by atoms with van der Waals surface area (Å²) in [4.78, 5) is 20.0. The number of halogens is 1. The molecule has 0 aliphatic heterocycles. The molecule has 92 valence electrons. The largest absolute Gasteiger partial charge is 0.384 e. The van der Waals surface area contributed by atoms with Gasteiger partial charge in [0.25, 0.3) is 5.91 Å². The quantitative estimate of drug-likeness (QED) is 0.892. The molecule has 0 saturated carbocycles. The molecule has 5 nitrogen and oxygen atoms in total. The van der Waals surface area contributed by atoms with Gasteiger partial charge in [-0.05, 0) is 47.1 Å². The van der Waals surface area contributed by atoms with Gasteiger partial charge in [0.1, 0.15) is 17.3 Å². The highest BCUT2D eigenvalue weighted by Crippen LogP contribution is 2.16. The van der Waals surface area contributed by atoms with E-state index in [1.54, 1.807) is 24.3 Å². The number of aryl methyl sites for hydroxylation is 1. The monoisotopic (exact) mass is 306 g/mol. The van der Waals surface area contributed by atoms with Gasteiger partial charge in [0.15, 0.2) is 0 Å². The minimum absolute atomic E-state index is 0.261. The number of nitrogens with one attached hydrogen (secondary N) is 1. The third-order valence-corrected chi connectivity index (χ3v) is 3.10. The van der Waals surface area contributed by atoms with Crippen molar-refractivity contribution >= 4 is 33.5 Å². The number of anilines is 2. The molecule has 0 atom stereocenters. The first-order valence-electron chi connectivity index (χ1n) is 5.23. The van der Waals surface area contributed by atoms with Crippen LogP contribution in [0.5, 0.6) is 0 Å². The summed E-state index contributed by atoms with van der Waals surface area (Å²) >= 11 is 3.35. The first-order chi connectivity index (χ1) is 8.56. The molecule has 2 aromatic heterocycles. The second kappa shape index (κ2) is 5.14. The number of pyridine rings is 2. The van der Waals surface area contributed by atoms with Crippen LogP contribution in [0.4, 0.5) is 11.6 Å². The lowest BCUT2D eigenvalue weighted by molar-refractivity contribution is 0.102. The number of amides is 1. The number of carbonyl (C=O) groups is 1. The fraction of sp³-hybridized carbons (Fsp3) is 0.0833. The topological polar surface area (TPSA) is 80.9 Å². The third kappa shape index (κ3) is 2.84. The van der Waals surface area contributed by atoms with Crippen molar-refractivity contribution in [1.29, 1.82) is 0 Å². The standard InChI is InChI=1S/C12H11BrN4O/c1-7-8(13)5-6-11(15-7)17-12(18)9-3-2-4-10(14)16-9/h2-6H,1H3,(H2,14,16)(H,15,17,18). The molecule has 0 spiro atoms. The Balaban J connectivity index is 2.18. The van der Waals surface area contributed by atoms with Gasteiger partial charge in [-0.2, -0.15) is 0 Å². The molecule has 0 saturated heterocycles. The number of carbonyl (C=O) groups excluding carboxylic acids is 1. The number of nitrogens with zero attached hydrogens (tertiary/aromatic N) is 2. The van der Waals surface area contributed by atoms with Crippen LogP contribution >= 0.6 is 15.9 Å². The second-order valence-electron chi connectivity index (χ2n) is 3.67. The Bertz CT molecular complexity index is 600. The normalized spacial score (nSPS) is 10.1. The van der Waals surface area contributed by atoms with Gasteiger partial charge in [-0.3, -0.25) is 4.79 Å². The van der Waals surface area contributed by atoms with E-state index in [4.69, 9.17) is 5.73 Å². The molecule has 0 bridgehead atoms. The van der Waals surface area contributed by atoms with Crippen molar-refractivity contribution in [2.75, 3.05) is 11.1 Å². The van der Waals surface area contributed by atoms with Crippen LogP contribution in [0, 0.1) is 6.92 Å². The van der Waals surface area contributed by atoms with Crippen LogP contribution in [0.3, 0.4) is 0 Å². The molecule has 0 radical (unpaired) electrons. The van der Waals surface area contributed by atoms with Crippen LogP contribution in [-0.4, -0.2) is 15.9 Å². The van der Waals surface area contributed by atoms with Gasteiger partial charge in [-0.15, -0.1) is 0 Å². The Kier molecular flexibility index (Phi) is 3.57. The van der Waals surface area contributed by atoms with E-state index in [0.717, 1.165) is 10.2 Å². The van der Waals surface area contributed by atoms with Crippen molar-refractivity contribution in [1.82, 2.24) is 9.97 Å². The Morgan fingerprint density at radius 1 is 1.28 bits per heavy atom. The Morgan fingerprint density at radius 2 is 2.06 bits per heavy atom. The molecule has 3 N–H and O–H groups in total. The lowest BCUT2D eigenvalue weighted by Crippen LogP contribution is -2.15. The van der Waals surface area contributed by atoms with Crippen LogP contribution < -0.4 is 11.1 Å². The molecule has 0 unspecified atom stereocenters. The van der Waals surface area contributed by atoms with Gasteiger partial charge < -0.3 is 11.1 Å². The van der Waals surface area contributed by atoms with Crippen molar-refractivity contribution in [2.45, 2.75) is 6.92 Å². The van der Waals surface area contributed by atoms with Crippen LogP contribution in [0.15, 0.2) is 34.8 Å². The van der Waals surface area contributed by atoms with Crippen LogP contribution in [-0.2, 0) is 0 Å². The zero-order valence-corrected chi connectivity index (χ0v) is 11.2. The zero-order valence-electron chi connectivity index (χ0n) is 9.64. The Morgan fingerprint density at radius 3 is 2.72 bits per heavy atom. The number of nitrogen functional groups attached to an aromatic ring is 1. The summed E-state index contributed by atoms with van der Waals surface area (Å²) < 4.78 is 0.891. The molecule has 1 amide bonds. The number of nitrogens with two attached hydrogens (primary N) is 1. The number of hydrogen-bond acceptors (Lipinski definition) is 4. The van der Waals surface area contributed by atoms with Gasteiger partial charge in [0.05, 0.1) is 5.69 Å². The third-order valence-electron chi connectivity index (χ3n) is 2.27. The highest BCUT2D eigenvalue weighted by atomic mass is 79.9. The molecule has 0 aliphatic rings. The van der Waals surface area contributed by atoms with Crippen LogP contribution in [0.25, 0.3) is 0 Å². The van der Waals surface area contributed by atoms with Crippen LogP contribution in [0.2, 0.25) is 0 Å². The van der Waals surface area contributed by atoms with Gasteiger partial charge in [-0.25, -0.2) is 9.97 Å². The van der Waals surface area contributed by atoms with E-state index in [1.165, 1.54) is 0 Å². The number of hydrogen-bond donors (Lipinski definition) is 2. The van der Waals surface area contributed by atoms with Gasteiger partial charge in [0.2, 0.25) is 0 Å². The fourth-order valence-corrected chi connectivity index (χ4v) is 1.59. The molecule has 0 aromatic carbocycles. The van der Waals surface area contributed by atoms with Crippen molar-refractivity contribution in [3.05, 3.63) is 46.2 Å². The van der Waals surface area contributed by atoms with Gasteiger partial charge >= 0.3 is 0 Å². The summed E-state index contributed by atoms with van der Waals surface area (Å²) in [5.41, 5.74) is 6.58. The first kappa shape index (κ1) is 12.5. The molecule has 2 rings (SSSR count). The average Bonchev–Trinajstić information content (AvgIpc) is 2.34. The van der Waals surface area contributed by atoms with E-state index in [-0.39, 0.29) is 11.6 Å². The second-order valence-corrected chi connectivity index (χ2v) is 4.52. The molecular weight excluding hydrogens is 296 g/mol. The lowest BCUT2D eigenvalue weighted by Gasteiger charge is -2.06. The minimum atomic E-state index is -0.337. The number of rotatable bonds is 2. The number of aromatic nitrogens is 2. The molecule has 6 heteroatoms. The zero-order chi connectivity index (χ0) is 13.1. The Hall–Kier alpha value is -1.95. The highest BCUT2D eigenvalue weighted by Gasteiger charge is 2.09. The molecule has 2 heterocycles. The molecule has 18 heavy (non-hydrogen) atoms. The van der Waals surface area contributed by atoms with E-state index in [2.05, 4.69) is 31.2 Å². The molecule has 0 aliphatic carbocycles. The maximum atomic E-state index is 11.9. The smallest absolute Gasteiger partial charge is 0.275 e. The van der Waals surface area contributed by atoms with Crippen molar-refractivity contribution in [2.24, 2.45) is 0 Å². The predicted octanol–water partition coefficient (Wildman–Crippen LogP) is 2.38. The first-order valence-corrected chi connectivity index (χ1v) is 6.02. The maximum Gasteiger partial charge on any atom is 0.275 e. The predicted molar refractivity (Wildman–Crippen MR) is 73.3 cm³/mol. The summed E-state index contributed by atoms with van der Waals surface area (Å²) in [7, 11) is 0. The summed E-state index contributed by atoms with van der Waals surface area (Å²) in [5, 5.41) is 2.66. The highest BCUT2D eigenvalue weighted by molar-refractivity contribution is 9.10. The van der Waals surface area contributed by atoms with Crippen molar-refractivity contribution in [3.8, 4) is 0 Å². The van der Waals surface area contributed by atoms with Crippen LogP contribution in [0.1, 0.15) is 16.2 Å². The minimum Gasteiger partial charge on any atom is -0.384 e. The molecule has 0 fully saturated rings. The molecular formula is C12H11BrN4O. The van der Waals surface area contributed by atoms with Crippen molar-refractivity contribution < 1.29 is 4.79 Å². The summed E-state index contributed by atoms with van der Waals surface area (Å²) in [5.74, 6) is 0.448. The maximum absolute atomic E-state index is 11.9. The summed E-state index contributed by atoms with van der Waals surface area (Å²) in [6, 6.07) is 8.43. The fourth-order valence-electron chi connectivity index (χ4n) is 1.37. The SMILES string of the molecule is Cc1nc(NC(=O)c2cccc(N)n2)ccc1Br. The average molecular weight is 307 g/mol. The van der Waals surface area contributed by atoms with Gasteiger partial charge in [-0.1, -0.05) is 6.07 Å². The van der Waals surface area contributed by atoms with E-state index in [1.807, 2.05) is 13.0 Å². The van der Waals surface area contributed by atoms with E-state index in [0.29, 0.717) is 11.6 Å². The Labute approximate surface area is 113 Å². The summed E-state index contributed by atoms with van der Waals surface area (Å²) in [6.45, 7) is 1.85. The van der Waals surface area contributed by atoms with E-state index < -0.39 is 0 Å². The van der Waals surface area contributed by atoms with E-state index >= 15 is 0 Å². The van der Waals surface area contributed by atoms with E-state index in [9.17, 15) is 4.79 Å². The van der Waals surface area contributed by atoms with Gasteiger partial charge in [0, 0.05) is 4.47 Å². The lowest BCUT2D eigenvalue weighted by atomic mass is 10.3.